The fraction of sp³-hybridized carbons (Fsp3) is 0.500. The molecule has 0 bridgehead atoms. The quantitative estimate of drug-likeness (QED) is 0.784. The Kier molecular flexibility index (Phi) is 4.53. The number of hydrogen-bond acceptors (Lipinski definition) is 1. The predicted octanol–water partition coefficient (Wildman–Crippen LogP) is 4.90. The van der Waals surface area contributed by atoms with Gasteiger partial charge in [-0.1, -0.05) is 17.7 Å². The molecule has 0 heterocycles. The third kappa shape index (κ3) is 3.63. The van der Waals surface area contributed by atoms with Crippen molar-refractivity contribution in [2.24, 2.45) is 5.73 Å². The van der Waals surface area contributed by atoms with Gasteiger partial charge in [0.05, 0.1) is 5.56 Å². The Morgan fingerprint density at radius 2 is 2.00 bits per heavy atom. The van der Waals surface area contributed by atoms with Gasteiger partial charge in [0.25, 0.3) is 0 Å². The molecule has 0 amide bonds. The standard InChI is InChI=1S/C16H20F3N/c1-11-9-13(16(17,18)19)7-8-14(11)15(20)10-12-5-3-2-4-6-12/h5,7-9,15H,2-4,6,10,20H2,1H3. The molecule has 20 heavy (non-hydrogen) atoms. The molecule has 0 saturated heterocycles. The van der Waals surface area contributed by atoms with Gasteiger partial charge >= 0.3 is 6.18 Å². The van der Waals surface area contributed by atoms with Crippen LogP contribution in [0.3, 0.4) is 0 Å². The molecule has 1 aliphatic rings. The highest BCUT2D eigenvalue weighted by Crippen LogP contribution is 2.33. The number of benzene rings is 1. The molecule has 1 aliphatic carbocycles. The predicted molar refractivity (Wildman–Crippen MR) is 74.3 cm³/mol. The van der Waals surface area contributed by atoms with Gasteiger partial charge in [0.1, 0.15) is 0 Å². The lowest BCUT2D eigenvalue weighted by Crippen LogP contribution is -2.14. The zero-order valence-electron chi connectivity index (χ0n) is 11.6. The number of hydrogen-bond donors (Lipinski definition) is 1. The van der Waals surface area contributed by atoms with E-state index in [-0.39, 0.29) is 6.04 Å². The van der Waals surface area contributed by atoms with Gasteiger partial charge < -0.3 is 5.73 Å². The van der Waals surface area contributed by atoms with Crippen molar-refractivity contribution in [3.8, 4) is 0 Å². The van der Waals surface area contributed by atoms with Crippen LogP contribution >= 0.6 is 0 Å². The summed E-state index contributed by atoms with van der Waals surface area (Å²) in [7, 11) is 0. The van der Waals surface area contributed by atoms with E-state index in [9.17, 15) is 13.2 Å². The third-order valence-corrected chi connectivity index (χ3v) is 3.86. The van der Waals surface area contributed by atoms with Crippen molar-refractivity contribution in [2.75, 3.05) is 0 Å². The first-order valence-corrected chi connectivity index (χ1v) is 6.99. The van der Waals surface area contributed by atoms with Crippen LogP contribution in [0.25, 0.3) is 0 Å². The van der Waals surface area contributed by atoms with Gasteiger partial charge in [-0.25, -0.2) is 0 Å². The van der Waals surface area contributed by atoms with Crippen molar-refractivity contribution in [1.29, 1.82) is 0 Å². The largest absolute Gasteiger partial charge is 0.416 e. The first-order valence-electron chi connectivity index (χ1n) is 6.99. The fourth-order valence-electron chi connectivity index (χ4n) is 2.75. The lowest BCUT2D eigenvalue weighted by atomic mass is 9.90. The van der Waals surface area contributed by atoms with Crippen LogP contribution in [0, 0.1) is 6.92 Å². The van der Waals surface area contributed by atoms with Crippen molar-refractivity contribution in [1.82, 2.24) is 0 Å². The normalized spacial score (nSPS) is 17.8. The van der Waals surface area contributed by atoms with Crippen LogP contribution in [-0.2, 0) is 6.18 Å². The third-order valence-electron chi connectivity index (χ3n) is 3.86. The summed E-state index contributed by atoms with van der Waals surface area (Å²) in [4.78, 5) is 0. The van der Waals surface area contributed by atoms with Crippen molar-refractivity contribution in [3.05, 3.63) is 46.5 Å². The van der Waals surface area contributed by atoms with E-state index in [0.717, 1.165) is 30.9 Å². The Bertz CT molecular complexity index is 503. The number of allylic oxidation sites excluding steroid dienone is 1. The Balaban J connectivity index is 2.14. The molecule has 2 N–H and O–H groups in total. The maximum Gasteiger partial charge on any atom is 0.416 e. The Morgan fingerprint density at radius 1 is 1.25 bits per heavy atom. The molecule has 1 aromatic rings. The Morgan fingerprint density at radius 3 is 2.55 bits per heavy atom. The van der Waals surface area contributed by atoms with E-state index in [1.807, 2.05) is 0 Å². The van der Waals surface area contributed by atoms with Crippen LogP contribution in [0.4, 0.5) is 13.2 Å². The van der Waals surface area contributed by atoms with Gasteiger partial charge in [-0.2, -0.15) is 13.2 Å². The van der Waals surface area contributed by atoms with E-state index >= 15 is 0 Å². The van der Waals surface area contributed by atoms with E-state index in [1.54, 1.807) is 6.92 Å². The van der Waals surface area contributed by atoms with Crippen LogP contribution in [0.5, 0.6) is 0 Å². The second-order valence-electron chi connectivity index (χ2n) is 5.49. The summed E-state index contributed by atoms with van der Waals surface area (Å²) in [5, 5.41) is 0. The van der Waals surface area contributed by atoms with Gasteiger partial charge in [-0.15, -0.1) is 0 Å². The molecule has 4 heteroatoms. The molecule has 0 fully saturated rings. The summed E-state index contributed by atoms with van der Waals surface area (Å²) in [6, 6.07) is 3.61. The molecule has 110 valence electrons. The van der Waals surface area contributed by atoms with E-state index in [1.165, 1.54) is 30.5 Å². The number of aryl methyl sites for hydroxylation is 1. The number of alkyl halides is 3. The summed E-state index contributed by atoms with van der Waals surface area (Å²) >= 11 is 0. The van der Waals surface area contributed by atoms with Crippen LogP contribution in [0.2, 0.25) is 0 Å². The molecule has 0 radical (unpaired) electrons. The van der Waals surface area contributed by atoms with E-state index in [0.29, 0.717) is 5.56 Å². The molecule has 0 saturated carbocycles. The molecule has 0 spiro atoms. The van der Waals surface area contributed by atoms with Crippen molar-refractivity contribution in [3.63, 3.8) is 0 Å². The molecule has 1 atom stereocenters. The minimum Gasteiger partial charge on any atom is -0.324 e. The highest BCUT2D eigenvalue weighted by atomic mass is 19.4. The second-order valence-corrected chi connectivity index (χ2v) is 5.49. The zero-order valence-corrected chi connectivity index (χ0v) is 11.6. The summed E-state index contributed by atoms with van der Waals surface area (Å²) in [6.45, 7) is 1.69. The SMILES string of the molecule is Cc1cc(C(F)(F)F)ccc1C(N)CC1=CCCCC1. The molecule has 1 unspecified atom stereocenters. The maximum atomic E-state index is 12.6. The van der Waals surface area contributed by atoms with E-state index in [4.69, 9.17) is 5.73 Å². The second kappa shape index (κ2) is 6.00. The smallest absolute Gasteiger partial charge is 0.324 e. The van der Waals surface area contributed by atoms with Gasteiger partial charge in [-0.3, -0.25) is 0 Å². The molecule has 1 aromatic carbocycles. The minimum absolute atomic E-state index is 0.221. The highest BCUT2D eigenvalue weighted by molar-refractivity contribution is 5.35. The van der Waals surface area contributed by atoms with Crippen molar-refractivity contribution < 1.29 is 13.2 Å². The van der Waals surface area contributed by atoms with Crippen LogP contribution in [0.15, 0.2) is 29.8 Å². The molecule has 2 rings (SSSR count). The van der Waals surface area contributed by atoms with Crippen molar-refractivity contribution in [2.45, 2.75) is 51.2 Å². The average molecular weight is 283 g/mol. The molecule has 0 aliphatic heterocycles. The Labute approximate surface area is 117 Å². The van der Waals surface area contributed by atoms with Crippen LogP contribution in [0.1, 0.15) is 54.8 Å². The summed E-state index contributed by atoms with van der Waals surface area (Å²) in [6.07, 6.45) is 3.23. The molecular formula is C16H20F3N. The van der Waals surface area contributed by atoms with E-state index < -0.39 is 11.7 Å². The lowest BCUT2D eigenvalue weighted by molar-refractivity contribution is -0.137. The van der Waals surface area contributed by atoms with Gasteiger partial charge in [0.2, 0.25) is 0 Å². The molecule has 0 aromatic heterocycles. The first-order chi connectivity index (χ1) is 9.38. The summed E-state index contributed by atoms with van der Waals surface area (Å²) < 4.78 is 37.9. The monoisotopic (exact) mass is 283 g/mol. The first kappa shape index (κ1) is 15.1. The number of rotatable bonds is 3. The lowest BCUT2D eigenvalue weighted by Gasteiger charge is -2.20. The Hall–Kier alpha value is -1.29. The minimum atomic E-state index is -4.29. The zero-order chi connectivity index (χ0) is 14.8. The van der Waals surface area contributed by atoms with Gasteiger partial charge in [-0.05, 0) is 62.3 Å². The van der Waals surface area contributed by atoms with Gasteiger partial charge in [0, 0.05) is 6.04 Å². The maximum absolute atomic E-state index is 12.6. The summed E-state index contributed by atoms with van der Waals surface area (Å²) in [5.74, 6) is 0. The average Bonchev–Trinajstić information content (AvgIpc) is 2.38. The fourth-order valence-corrected chi connectivity index (χ4v) is 2.75. The van der Waals surface area contributed by atoms with Crippen molar-refractivity contribution >= 4 is 0 Å². The topological polar surface area (TPSA) is 26.0 Å². The highest BCUT2D eigenvalue weighted by Gasteiger charge is 2.30. The van der Waals surface area contributed by atoms with Crippen LogP contribution in [-0.4, -0.2) is 0 Å². The molecular weight excluding hydrogens is 263 g/mol. The summed E-state index contributed by atoms with van der Waals surface area (Å²) in [5.41, 5.74) is 8.32. The number of nitrogens with two attached hydrogens (primary N) is 1. The van der Waals surface area contributed by atoms with Gasteiger partial charge in [0.15, 0.2) is 0 Å². The molecule has 1 nitrogen and oxygen atoms in total. The van der Waals surface area contributed by atoms with Crippen LogP contribution < -0.4 is 5.73 Å². The number of halogens is 3. The van der Waals surface area contributed by atoms with E-state index in [2.05, 4.69) is 6.08 Å².